The number of H-pyrrole nitrogens is 1. The zero-order chi connectivity index (χ0) is 16.2. The van der Waals surface area contributed by atoms with E-state index in [1.807, 2.05) is 0 Å². The van der Waals surface area contributed by atoms with Crippen molar-refractivity contribution in [1.29, 1.82) is 0 Å². The molecule has 23 heavy (non-hydrogen) atoms. The van der Waals surface area contributed by atoms with Crippen molar-refractivity contribution in [2.75, 3.05) is 18.4 Å². The van der Waals surface area contributed by atoms with Crippen LogP contribution in [0.1, 0.15) is 23.2 Å². The number of likely N-dealkylation sites (tertiary alicyclic amines) is 1. The van der Waals surface area contributed by atoms with Gasteiger partial charge < -0.3 is 15.2 Å². The van der Waals surface area contributed by atoms with E-state index < -0.39 is 5.56 Å². The first-order chi connectivity index (χ1) is 11.1. The van der Waals surface area contributed by atoms with Crippen LogP contribution in [0, 0.1) is 5.92 Å². The molecule has 0 radical (unpaired) electrons. The molecule has 1 aliphatic heterocycles. The smallest absolute Gasteiger partial charge is 0.260 e. The van der Waals surface area contributed by atoms with E-state index in [-0.39, 0.29) is 23.3 Å². The van der Waals surface area contributed by atoms with E-state index in [9.17, 15) is 14.4 Å². The summed E-state index contributed by atoms with van der Waals surface area (Å²) in [5.74, 6) is -0.571. The highest BCUT2D eigenvalue weighted by Crippen LogP contribution is 2.20. The zero-order valence-electron chi connectivity index (χ0n) is 12.2. The van der Waals surface area contributed by atoms with Crippen LogP contribution in [0.2, 0.25) is 0 Å². The Morgan fingerprint density at radius 2 is 2.13 bits per heavy atom. The van der Waals surface area contributed by atoms with Crippen LogP contribution in [-0.4, -0.2) is 45.0 Å². The first-order valence-corrected chi connectivity index (χ1v) is 8.07. The average Bonchev–Trinajstić information content (AvgIpc) is 3.08. The van der Waals surface area contributed by atoms with Gasteiger partial charge in [-0.05, 0) is 25.0 Å². The number of nitrogens with zero attached hydrogens (tertiary/aromatic N) is 3. The summed E-state index contributed by atoms with van der Waals surface area (Å²) in [6.07, 6.45) is 2.60. The molecule has 120 valence electrons. The van der Waals surface area contributed by atoms with Crippen molar-refractivity contribution >= 4 is 28.3 Å². The molecule has 0 atom stereocenters. The molecule has 8 nitrogen and oxygen atoms in total. The topological polar surface area (TPSA) is 108 Å². The number of pyridine rings is 1. The lowest BCUT2D eigenvalue weighted by molar-refractivity contribution is -0.121. The van der Waals surface area contributed by atoms with Gasteiger partial charge in [0, 0.05) is 25.2 Å². The third kappa shape index (κ3) is 3.45. The number of carbonyl (C=O) groups excluding carboxylic acids is 2. The van der Waals surface area contributed by atoms with Crippen LogP contribution in [0.3, 0.4) is 0 Å². The highest BCUT2D eigenvalue weighted by molar-refractivity contribution is 7.13. The van der Waals surface area contributed by atoms with Crippen LogP contribution in [-0.2, 0) is 4.79 Å². The summed E-state index contributed by atoms with van der Waals surface area (Å²) in [6, 6.07) is 3.13. The van der Waals surface area contributed by atoms with E-state index in [0.29, 0.717) is 31.1 Å². The van der Waals surface area contributed by atoms with E-state index in [2.05, 4.69) is 20.5 Å². The van der Waals surface area contributed by atoms with E-state index in [1.54, 1.807) is 16.5 Å². The number of hydrogen-bond donors (Lipinski definition) is 2. The van der Waals surface area contributed by atoms with Gasteiger partial charge in [-0.25, -0.2) is 0 Å². The van der Waals surface area contributed by atoms with Crippen molar-refractivity contribution in [2.45, 2.75) is 12.8 Å². The number of piperidine rings is 1. The molecule has 0 aliphatic carbocycles. The van der Waals surface area contributed by atoms with Crippen LogP contribution in [0.25, 0.3) is 0 Å². The van der Waals surface area contributed by atoms with Gasteiger partial charge in [-0.1, -0.05) is 11.3 Å². The molecule has 0 saturated carbocycles. The third-order valence-corrected chi connectivity index (χ3v) is 4.40. The van der Waals surface area contributed by atoms with Crippen LogP contribution < -0.4 is 10.9 Å². The van der Waals surface area contributed by atoms with Crippen molar-refractivity contribution in [2.24, 2.45) is 5.92 Å². The van der Waals surface area contributed by atoms with Crippen LogP contribution in [0.4, 0.5) is 5.13 Å². The Hall–Kier alpha value is -2.55. The maximum Gasteiger partial charge on any atom is 0.260 e. The molecule has 0 spiro atoms. The fraction of sp³-hybridized carbons (Fsp3) is 0.357. The molecule has 2 aromatic rings. The molecule has 0 bridgehead atoms. The maximum atomic E-state index is 12.3. The summed E-state index contributed by atoms with van der Waals surface area (Å²) >= 11 is 1.26. The van der Waals surface area contributed by atoms with Gasteiger partial charge in [-0.3, -0.25) is 14.4 Å². The summed E-state index contributed by atoms with van der Waals surface area (Å²) in [4.78, 5) is 40.3. The number of hydrogen-bond acceptors (Lipinski definition) is 6. The number of aromatic nitrogens is 3. The molecule has 2 N–H and O–H groups in total. The summed E-state index contributed by atoms with van der Waals surface area (Å²) < 4.78 is 0. The minimum Gasteiger partial charge on any atom is -0.338 e. The van der Waals surface area contributed by atoms with E-state index in [1.165, 1.54) is 23.6 Å². The Kier molecular flexibility index (Phi) is 4.47. The second kappa shape index (κ2) is 6.69. The fourth-order valence-electron chi connectivity index (χ4n) is 2.54. The summed E-state index contributed by atoms with van der Waals surface area (Å²) in [5.41, 5.74) is 1.28. The summed E-state index contributed by atoms with van der Waals surface area (Å²) in [7, 11) is 0. The molecule has 2 aromatic heterocycles. The highest BCUT2D eigenvalue weighted by atomic mass is 32.1. The van der Waals surface area contributed by atoms with E-state index in [0.717, 1.165) is 0 Å². The Labute approximate surface area is 135 Å². The molecule has 1 fully saturated rings. The van der Waals surface area contributed by atoms with Gasteiger partial charge in [0.2, 0.25) is 11.0 Å². The van der Waals surface area contributed by atoms with Gasteiger partial charge in [0.15, 0.2) is 0 Å². The molecule has 0 unspecified atom stereocenters. The van der Waals surface area contributed by atoms with Gasteiger partial charge >= 0.3 is 0 Å². The van der Waals surface area contributed by atoms with Crippen molar-refractivity contribution in [3.63, 3.8) is 0 Å². The number of carbonyl (C=O) groups is 2. The molecule has 1 aliphatic rings. The predicted molar refractivity (Wildman–Crippen MR) is 84.2 cm³/mol. The second-order valence-electron chi connectivity index (χ2n) is 5.21. The quantitative estimate of drug-likeness (QED) is 0.860. The Morgan fingerprint density at radius 3 is 2.78 bits per heavy atom. The lowest BCUT2D eigenvalue weighted by atomic mass is 9.95. The van der Waals surface area contributed by atoms with E-state index in [4.69, 9.17) is 0 Å². The summed E-state index contributed by atoms with van der Waals surface area (Å²) in [6.45, 7) is 0.892. The zero-order valence-corrected chi connectivity index (χ0v) is 13.0. The van der Waals surface area contributed by atoms with Crippen LogP contribution >= 0.6 is 11.3 Å². The molecular weight excluding hydrogens is 318 g/mol. The first kappa shape index (κ1) is 15.3. The van der Waals surface area contributed by atoms with Crippen LogP contribution in [0.5, 0.6) is 0 Å². The predicted octanol–water partition coefficient (Wildman–Crippen LogP) is 0.717. The standard InChI is InChI=1S/C14H15N5O3S/c20-11(17-14-18-16-8-23-14)9-3-6-19(7-4-9)13(22)10-2-1-5-15-12(10)21/h1-2,5,8-9H,3-4,6-7H2,(H,15,21)(H,17,18,20). The van der Waals surface area contributed by atoms with Crippen molar-refractivity contribution in [3.05, 3.63) is 39.8 Å². The molecule has 3 rings (SSSR count). The van der Waals surface area contributed by atoms with Crippen molar-refractivity contribution in [3.8, 4) is 0 Å². The van der Waals surface area contributed by atoms with Gasteiger partial charge in [0.25, 0.3) is 11.5 Å². The minimum atomic E-state index is -0.395. The molecular formula is C14H15N5O3S. The molecule has 2 amide bonds. The van der Waals surface area contributed by atoms with E-state index >= 15 is 0 Å². The lowest BCUT2D eigenvalue weighted by Gasteiger charge is -2.31. The molecule has 3 heterocycles. The van der Waals surface area contributed by atoms with Crippen LogP contribution in [0.15, 0.2) is 28.6 Å². The van der Waals surface area contributed by atoms with Gasteiger partial charge in [0.1, 0.15) is 11.1 Å². The lowest BCUT2D eigenvalue weighted by Crippen LogP contribution is -2.42. The summed E-state index contributed by atoms with van der Waals surface area (Å²) in [5, 5.41) is 10.6. The fourth-order valence-corrected chi connectivity index (χ4v) is 2.99. The Bertz CT molecular complexity index is 750. The highest BCUT2D eigenvalue weighted by Gasteiger charge is 2.29. The monoisotopic (exact) mass is 333 g/mol. The molecule has 0 aromatic carbocycles. The number of aromatic amines is 1. The maximum absolute atomic E-state index is 12.3. The van der Waals surface area contributed by atoms with Crippen molar-refractivity contribution in [1.82, 2.24) is 20.1 Å². The van der Waals surface area contributed by atoms with Crippen molar-refractivity contribution < 1.29 is 9.59 Å². The second-order valence-corrected chi connectivity index (χ2v) is 6.05. The average molecular weight is 333 g/mol. The number of rotatable bonds is 3. The Balaban J connectivity index is 1.58. The SMILES string of the molecule is O=C(Nc1nncs1)C1CCN(C(=O)c2ccc[nH]c2=O)CC1. The normalized spacial score (nSPS) is 15.4. The largest absolute Gasteiger partial charge is 0.338 e. The molecule has 9 heteroatoms. The van der Waals surface area contributed by atoms with Gasteiger partial charge in [0.05, 0.1) is 0 Å². The number of nitrogens with one attached hydrogen (secondary N) is 2. The molecule has 1 saturated heterocycles. The third-order valence-electron chi connectivity index (χ3n) is 3.79. The van der Waals surface area contributed by atoms with Gasteiger partial charge in [-0.2, -0.15) is 0 Å². The number of anilines is 1. The Morgan fingerprint density at radius 1 is 1.35 bits per heavy atom. The van der Waals surface area contributed by atoms with Gasteiger partial charge in [-0.15, -0.1) is 10.2 Å². The minimum absolute atomic E-state index is 0.105. The number of amides is 2. The first-order valence-electron chi connectivity index (χ1n) is 7.19.